The number of thioether (sulfide) groups is 1. The van der Waals surface area contributed by atoms with E-state index in [0.29, 0.717) is 11.4 Å². The highest BCUT2D eigenvalue weighted by Crippen LogP contribution is 2.43. The lowest BCUT2D eigenvalue weighted by Gasteiger charge is -2.38. The number of benzene rings is 1. The second-order valence-corrected chi connectivity index (χ2v) is 8.36. The fourth-order valence-electron chi connectivity index (χ4n) is 4.26. The molecule has 0 radical (unpaired) electrons. The summed E-state index contributed by atoms with van der Waals surface area (Å²) in [6.45, 7) is 0.989. The van der Waals surface area contributed by atoms with Gasteiger partial charge in [-0.1, -0.05) is 43.2 Å². The molecule has 2 heterocycles. The molecule has 3 nitrogen and oxygen atoms in total. The summed E-state index contributed by atoms with van der Waals surface area (Å²) >= 11 is 2.08. The molecule has 1 saturated heterocycles. The highest BCUT2D eigenvalue weighted by molar-refractivity contribution is 8.01. The molecule has 0 bridgehead atoms. The topological polar surface area (TPSA) is 41.3 Å². The molecule has 0 amide bonds. The Balaban J connectivity index is 1.65. The molecule has 2 fully saturated rings. The monoisotopic (exact) mass is 341 g/mol. The van der Waals surface area contributed by atoms with Crippen molar-refractivity contribution in [2.45, 2.75) is 50.1 Å². The number of nitrogens with one attached hydrogen (secondary N) is 1. The van der Waals surface area contributed by atoms with Crippen LogP contribution in [0.15, 0.2) is 54.0 Å². The number of rotatable bonds is 5. The largest absolute Gasteiger partial charge is 0.405 e. The molecule has 4 rings (SSSR count). The first-order chi connectivity index (χ1) is 11.9. The molecule has 1 aliphatic carbocycles. The highest BCUT2D eigenvalue weighted by atomic mass is 32.2. The van der Waals surface area contributed by atoms with Gasteiger partial charge in [-0.15, -0.1) is 0 Å². The first-order valence-electron chi connectivity index (χ1n) is 9.18. The Morgan fingerprint density at radius 1 is 1.17 bits per heavy atom. The van der Waals surface area contributed by atoms with Crippen molar-refractivity contribution in [3.05, 3.63) is 59.6 Å². The molecule has 1 saturated carbocycles. The van der Waals surface area contributed by atoms with Gasteiger partial charge in [0.15, 0.2) is 0 Å². The zero-order valence-electron chi connectivity index (χ0n) is 14.2. The van der Waals surface area contributed by atoms with Crippen LogP contribution in [0.1, 0.15) is 37.7 Å². The van der Waals surface area contributed by atoms with E-state index in [9.17, 15) is 0 Å². The minimum Gasteiger partial charge on any atom is -0.405 e. The van der Waals surface area contributed by atoms with Crippen LogP contribution in [0.5, 0.6) is 0 Å². The maximum Gasteiger partial charge on any atom is 0.102 e. The van der Waals surface area contributed by atoms with Crippen LogP contribution in [-0.2, 0) is 6.54 Å². The van der Waals surface area contributed by atoms with E-state index in [1.54, 1.807) is 6.20 Å². The van der Waals surface area contributed by atoms with E-state index in [2.05, 4.69) is 58.4 Å². The van der Waals surface area contributed by atoms with Crippen LogP contribution in [0.4, 0.5) is 0 Å². The van der Waals surface area contributed by atoms with Crippen LogP contribution >= 0.6 is 11.8 Å². The smallest absolute Gasteiger partial charge is 0.102 e. The summed E-state index contributed by atoms with van der Waals surface area (Å²) in [6.07, 6.45) is 10.9. The molecule has 3 aliphatic rings. The molecule has 2 atom stereocenters. The van der Waals surface area contributed by atoms with Crippen molar-refractivity contribution < 1.29 is 0 Å². The summed E-state index contributed by atoms with van der Waals surface area (Å²) in [7, 11) is 0. The van der Waals surface area contributed by atoms with Crippen molar-refractivity contribution in [2.24, 2.45) is 11.7 Å². The third-order valence-corrected chi connectivity index (χ3v) is 6.87. The maximum absolute atomic E-state index is 5.75. The fourth-order valence-corrected chi connectivity index (χ4v) is 5.16. The number of hydrogen-bond donors (Lipinski definition) is 2. The van der Waals surface area contributed by atoms with E-state index >= 15 is 0 Å². The molecule has 4 heteroatoms. The molecule has 1 aromatic rings. The molecule has 24 heavy (non-hydrogen) atoms. The van der Waals surface area contributed by atoms with E-state index in [4.69, 9.17) is 5.73 Å². The normalized spacial score (nSPS) is 27.8. The van der Waals surface area contributed by atoms with Gasteiger partial charge < -0.3 is 16.0 Å². The molecule has 2 aliphatic heterocycles. The van der Waals surface area contributed by atoms with Gasteiger partial charge in [-0.3, -0.25) is 0 Å². The summed E-state index contributed by atoms with van der Waals surface area (Å²) in [4.78, 5) is 2.65. The van der Waals surface area contributed by atoms with Crippen molar-refractivity contribution >= 4 is 11.8 Å². The van der Waals surface area contributed by atoms with Crippen LogP contribution in [0.25, 0.3) is 0 Å². The Hall–Kier alpha value is -1.55. The van der Waals surface area contributed by atoms with Gasteiger partial charge in [0.05, 0.1) is 11.4 Å². The summed E-state index contributed by atoms with van der Waals surface area (Å²) in [5.74, 6) is 2.03. The summed E-state index contributed by atoms with van der Waals surface area (Å²) in [6, 6.07) is 10.9. The Morgan fingerprint density at radius 2 is 1.92 bits per heavy atom. The zero-order valence-corrected chi connectivity index (χ0v) is 15.0. The summed E-state index contributed by atoms with van der Waals surface area (Å²) in [5, 5.41) is 4.45. The third-order valence-electron chi connectivity index (χ3n) is 5.53. The number of hydrogen-bond acceptors (Lipinski definition) is 4. The predicted octanol–water partition coefficient (Wildman–Crippen LogP) is 3.80. The number of nitrogens with zero attached hydrogens (tertiary/aromatic N) is 1. The SMILES string of the molecule is N/C=C\C1=C(C2CCS2)N(Cc2ccccc2)C(C2CCCC2)N1. The van der Waals surface area contributed by atoms with Gasteiger partial charge in [-0.05, 0) is 48.8 Å². The molecule has 2 unspecified atom stereocenters. The number of nitrogens with two attached hydrogens (primary N) is 1. The highest BCUT2D eigenvalue weighted by Gasteiger charge is 2.41. The average Bonchev–Trinajstić information content (AvgIpc) is 3.18. The van der Waals surface area contributed by atoms with Crippen molar-refractivity contribution in [1.29, 1.82) is 0 Å². The second-order valence-electron chi connectivity index (χ2n) is 7.05. The van der Waals surface area contributed by atoms with Crippen molar-refractivity contribution in [2.75, 3.05) is 5.75 Å². The summed E-state index contributed by atoms with van der Waals surface area (Å²) in [5.41, 5.74) is 9.87. The van der Waals surface area contributed by atoms with Crippen molar-refractivity contribution in [1.82, 2.24) is 10.2 Å². The van der Waals surface area contributed by atoms with Crippen LogP contribution < -0.4 is 11.1 Å². The predicted molar refractivity (Wildman–Crippen MR) is 102 cm³/mol. The minimum atomic E-state index is 0.426. The summed E-state index contributed by atoms with van der Waals surface area (Å²) < 4.78 is 0. The van der Waals surface area contributed by atoms with Crippen molar-refractivity contribution in [3.8, 4) is 0 Å². The van der Waals surface area contributed by atoms with Gasteiger partial charge in [0, 0.05) is 11.8 Å². The Labute approximate surface area is 149 Å². The molecule has 0 spiro atoms. The zero-order chi connectivity index (χ0) is 16.4. The molecule has 128 valence electrons. The quantitative estimate of drug-likeness (QED) is 0.855. The lowest BCUT2D eigenvalue weighted by atomic mass is 10.0. The standard InChI is InChI=1S/C20H27N3S/c21-12-10-17-19(18-11-13-24-18)23(14-15-6-2-1-3-7-15)20(22-17)16-8-4-5-9-16/h1-3,6-7,10,12,16,18,20,22H,4-5,8-9,11,13-14,21H2/b12-10-. The molecular formula is C20H27N3S. The van der Waals surface area contributed by atoms with E-state index in [1.165, 1.54) is 54.8 Å². The second kappa shape index (κ2) is 7.14. The lowest BCUT2D eigenvalue weighted by molar-refractivity contribution is 0.176. The lowest BCUT2D eigenvalue weighted by Crippen LogP contribution is -2.44. The van der Waals surface area contributed by atoms with Gasteiger partial charge in [-0.2, -0.15) is 11.8 Å². The van der Waals surface area contributed by atoms with Gasteiger partial charge in [0.1, 0.15) is 6.17 Å². The average molecular weight is 342 g/mol. The Morgan fingerprint density at radius 3 is 2.54 bits per heavy atom. The number of allylic oxidation sites excluding steroid dienone is 1. The first kappa shape index (κ1) is 15.9. The Bertz CT molecular complexity index is 615. The molecular weight excluding hydrogens is 314 g/mol. The maximum atomic E-state index is 5.75. The van der Waals surface area contributed by atoms with Gasteiger partial charge in [-0.25, -0.2) is 0 Å². The van der Waals surface area contributed by atoms with E-state index in [-0.39, 0.29) is 0 Å². The first-order valence-corrected chi connectivity index (χ1v) is 10.2. The minimum absolute atomic E-state index is 0.426. The van der Waals surface area contributed by atoms with E-state index < -0.39 is 0 Å². The van der Waals surface area contributed by atoms with Gasteiger partial charge in [0.2, 0.25) is 0 Å². The van der Waals surface area contributed by atoms with Gasteiger partial charge in [0.25, 0.3) is 0 Å². The van der Waals surface area contributed by atoms with Crippen molar-refractivity contribution in [3.63, 3.8) is 0 Å². The molecule has 1 aromatic carbocycles. The van der Waals surface area contributed by atoms with Crippen LogP contribution in [0.3, 0.4) is 0 Å². The van der Waals surface area contributed by atoms with Crippen LogP contribution in [-0.4, -0.2) is 22.1 Å². The van der Waals surface area contributed by atoms with E-state index in [1.807, 2.05) is 0 Å². The van der Waals surface area contributed by atoms with Gasteiger partial charge >= 0.3 is 0 Å². The molecule has 0 aromatic heterocycles. The van der Waals surface area contributed by atoms with E-state index in [0.717, 1.165) is 12.5 Å². The fraction of sp³-hybridized carbons (Fsp3) is 0.500. The third kappa shape index (κ3) is 3.04. The Kier molecular flexibility index (Phi) is 4.74. The van der Waals surface area contributed by atoms with Crippen LogP contribution in [0.2, 0.25) is 0 Å². The van der Waals surface area contributed by atoms with Crippen LogP contribution in [0, 0.1) is 5.92 Å². The molecule has 3 N–H and O–H groups in total.